The first-order valence-electron chi connectivity index (χ1n) is 5.12. The lowest BCUT2D eigenvalue weighted by Crippen LogP contribution is -2.43. The van der Waals surface area contributed by atoms with Crippen molar-refractivity contribution in [3.8, 4) is 0 Å². The maximum atomic E-state index is 9.31. The van der Waals surface area contributed by atoms with Gasteiger partial charge in [-0.1, -0.05) is 0 Å². The molecule has 0 saturated carbocycles. The van der Waals surface area contributed by atoms with E-state index < -0.39 is 12.1 Å². The Morgan fingerprint density at radius 3 is 1.42 bits per heavy atom. The van der Waals surface area contributed by atoms with Crippen molar-refractivity contribution in [3.63, 3.8) is 0 Å². The minimum atomic E-state index is -1.39. The first-order valence-corrected chi connectivity index (χ1v) is 5.12. The summed E-state index contributed by atoms with van der Waals surface area (Å²) >= 11 is 0. The molecule has 1 aromatic rings. The van der Waals surface area contributed by atoms with Gasteiger partial charge in [-0.25, -0.2) is 0 Å². The Kier molecular flexibility index (Phi) is 6.93. The first kappa shape index (κ1) is 17.2. The molecule has 10 nitrogen and oxygen atoms in total. The normalized spacial score (nSPS) is 13.6. The summed E-state index contributed by atoms with van der Waals surface area (Å²) in [5.74, 6) is -1.26. The van der Waals surface area contributed by atoms with Crippen LogP contribution in [0.3, 0.4) is 0 Å². The highest BCUT2D eigenvalue weighted by Crippen LogP contribution is 2.13. The number of rotatable bonds is 4. The van der Waals surface area contributed by atoms with E-state index >= 15 is 0 Å². The predicted molar refractivity (Wildman–Crippen MR) is 68.5 cm³/mol. The molecule has 1 atom stereocenters. The number of anilines is 3. The molecule has 1 rings (SSSR count). The lowest BCUT2D eigenvalue weighted by atomic mass is 10.3. The number of aromatic nitrogens is 3. The van der Waals surface area contributed by atoms with Gasteiger partial charge >= 0.3 is 0 Å². The molecule has 1 heterocycles. The second kappa shape index (κ2) is 7.63. The van der Waals surface area contributed by atoms with Crippen LogP contribution in [0.2, 0.25) is 0 Å². The summed E-state index contributed by atoms with van der Waals surface area (Å²) in [6.45, 7) is 1.46. The molecule has 0 spiro atoms. The molecular weight excluding hydrogens is 256 g/mol. The van der Waals surface area contributed by atoms with E-state index in [1.54, 1.807) is 0 Å². The van der Waals surface area contributed by atoms with Crippen molar-refractivity contribution in [2.45, 2.75) is 19.0 Å². The summed E-state index contributed by atoms with van der Waals surface area (Å²) in [7, 11) is 4.24. The zero-order chi connectivity index (χ0) is 15.1. The van der Waals surface area contributed by atoms with Gasteiger partial charge in [0, 0.05) is 21.3 Å². The van der Waals surface area contributed by atoms with Gasteiger partial charge in [-0.15, -0.1) is 0 Å². The van der Waals surface area contributed by atoms with Gasteiger partial charge in [0.2, 0.25) is 29.9 Å². The van der Waals surface area contributed by atoms with Gasteiger partial charge in [0.15, 0.2) is 0 Å². The smallest absolute Gasteiger partial charge is 0.226 e. The van der Waals surface area contributed by atoms with Crippen LogP contribution in [0.15, 0.2) is 0 Å². The Bertz CT molecular complexity index is 334. The second-order valence-electron chi connectivity index (χ2n) is 3.47. The Morgan fingerprint density at radius 1 is 0.947 bits per heavy atom. The number of nitrogen functional groups attached to an aromatic ring is 3. The summed E-state index contributed by atoms with van der Waals surface area (Å²) in [5, 5.41) is 9.31. The zero-order valence-electron chi connectivity index (χ0n) is 11.3. The fourth-order valence-corrected chi connectivity index (χ4v) is 1.06. The predicted octanol–water partition coefficient (Wildman–Crippen LogP) is -1.42. The van der Waals surface area contributed by atoms with Gasteiger partial charge in [0.1, 0.15) is 0 Å². The third-order valence-electron chi connectivity index (χ3n) is 1.97. The van der Waals surface area contributed by atoms with E-state index in [1.165, 1.54) is 28.3 Å². The maximum Gasteiger partial charge on any atom is 0.226 e. The quantitative estimate of drug-likeness (QED) is 0.479. The monoisotopic (exact) mass is 276 g/mol. The van der Waals surface area contributed by atoms with Crippen LogP contribution in [0.4, 0.5) is 17.8 Å². The van der Waals surface area contributed by atoms with Crippen molar-refractivity contribution in [1.82, 2.24) is 15.0 Å². The topological polar surface area (TPSA) is 165 Å². The van der Waals surface area contributed by atoms with Crippen LogP contribution >= 0.6 is 0 Å². The number of aliphatic hydroxyl groups is 1. The van der Waals surface area contributed by atoms with Crippen LogP contribution in [-0.4, -0.2) is 53.5 Å². The summed E-state index contributed by atoms with van der Waals surface area (Å²) < 4.78 is 14.2. The molecular formula is C9H20N6O4. The summed E-state index contributed by atoms with van der Waals surface area (Å²) in [6.07, 6.45) is -0.752. The van der Waals surface area contributed by atoms with E-state index in [2.05, 4.69) is 19.7 Å². The van der Waals surface area contributed by atoms with Gasteiger partial charge in [-0.2, -0.15) is 15.0 Å². The van der Waals surface area contributed by atoms with Gasteiger partial charge < -0.3 is 36.5 Å². The molecule has 7 N–H and O–H groups in total. The van der Waals surface area contributed by atoms with Crippen molar-refractivity contribution in [2.24, 2.45) is 0 Å². The highest BCUT2D eigenvalue weighted by molar-refractivity contribution is 5.33. The largest absolute Gasteiger partial charge is 0.368 e. The SMILES string of the molecule is COC(OC)C(C)(O)OC.Nc1nc(N)nc(N)n1. The molecule has 0 aliphatic carbocycles. The van der Waals surface area contributed by atoms with Crippen LogP contribution in [0.25, 0.3) is 0 Å². The Balaban J connectivity index is 0.000000342. The number of hydrogen-bond acceptors (Lipinski definition) is 10. The highest BCUT2D eigenvalue weighted by atomic mass is 16.7. The van der Waals surface area contributed by atoms with Crippen molar-refractivity contribution in [3.05, 3.63) is 0 Å². The molecule has 10 heteroatoms. The minimum Gasteiger partial charge on any atom is -0.368 e. The number of nitrogens with two attached hydrogens (primary N) is 3. The van der Waals surface area contributed by atoms with E-state index in [-0.39, 0.29) is 17.8 Å². The van der Waals surface area contributed by atoms with Crippen LogP contribution in [0, 0.1) is 0 Å². The van der Waals surface area contributed by atoms with Gasteiger partial charge in [0.25, 0.3) is 0 Å². The van der Waals surface area contributed by atoms with Crippen molar-refractivity contribution in [1.29, 1.82) is 0 Å². The van der Waals surface area contributed by atoms with Crippen LogP contribution in [0.1, 0.15) is 6.92 Å². The van der Waals surface area contributed by atoms with E-state index in [0.29, 0.717) is 0 Å². The summed E-state index contributed by atoms with van der Waals surface area (Å²) in [5.41, 5.74) is 15.4. The lowest BCUT2D eigenvalue weighted by Gasteiger charge is -2.28. The van der Waals surface area contributed by atoms with E-state index in [9.17, 15) is 5.11 Å². The molecule has 1 aromatic heterocycles. The van der Waals surface area contributed by atoms with Gasteiger partial charge in [-0.3, -0.25) is 0 Å². The molecule has 0 aliphatic heterocycles. The first-order chi connectivity index (χ1) is 8.76. The van der Waals surface area contributed by atoms with Crippen LogP contribution < -0.4 is 17.2 Å². The molecule has 0 radical (unpaired) electrons. The van der Waals surface area contributed by atoms with Crippen molar-refractivity contribution >= 4 is 17.8 Å². The third-order valence-corrected chi connectivity index (χ3v) is 1.97. The number of hydrogen-bond donors (Lipinski definition) is 4. The second-order valence-corrected chi connectivity index (χ2v) is 3.47. The summed E-state index contributed by atoms with van der Waals surface area (Å²) in [6, 6.07) is 0. The summed E-state index contributed by atoms with van der Waals surface area (Å²) in [4.78, 5) is 10.5. The Hall–Kier alpha value is -1.75. The Labute approximate surface area is 110 Å². The van der Waals surface area contributed by atoms with Crippen molar-refractivity contribution in [2.75, 3.05) is 38.5 Å². The van der Waals surface area contributed by atoms with E-state index in [1.807, 2.05) is 0 Å². The molecule has 19 heavy (non-hydrogen) atoms. The molecule has 0 amide bonds. The van der Waals surface area contributed by atoms with Crippen LogP contribution in [-0.2, 0) is 14.2 Å². The average molecular weight is 276 g/mol. The molecule has 0 bridgehead atoms. The number of methoxy groups -OCH3 is 3. The fourth-order valence-electron chi connectivity index (χ4n) is 1.06. The third kappa shape index (κ3) is 6.10. The standard InChI is InChI=1S/C6H14O4.C3H6N6/c1-6(7,10-4)5(8-2)9-3;4-1-7-2(5)9-3(6)8-1/h5,7H,1-4H3;(H6,4,5,6,7,8,9). The maximum absolute atomic E-state index is 9.31. The Morgan fingerprint density at radius 2 is 1.26 bits per heavy atom. The molecule has 0 fully saturated rings. The van der Waals surface area contributed by atoms with Gasteiger partial charge in [0.05, 0.1) is 0 Å². The van der Waals surface area contributed by atoms with Crippen molar-refractivity contribution < 1.29 is 19.3 Å². The number of nitrogens with zero attached hydrogens (tertiary/aromatic N) is 3. The zero-order valence-corrected chi connectivity index (χ0v) is 11.3. The number of ether oxygens (including phenoxy) is 3. The minimum absolute atomic E-state index is 0.0417. The lowest BCUT2D eigenvalue weighted by molar-refractivity contribution is -0.306. The van der Waals surface area contributed by atoms with E-state index in [4.69, 9.17) is 26.7 Å². The van der Waals surface area contributed by atoms with Gasteiger partial charge in [-0.05, 0) is 6.92 Å². The fraction of sp³-hybridized carbons (Fsp3) is 0.667. The molecule has 1 unspecified atom stereocenters. The average Bonchev–Trinajstić information content (AvgIpc) is 2.29. The highest BCUT2D eigenvalue weighted by Gasteiger charge is 2.31. The van der Waals surface area contributed by atoms with Crippen LogP contribution in [0.5, 0.6) is 0 Å². The van der Waals surface area contributed by atoms with E-state index in [0.717, 1.165) is 0 Å². The molecule has 0 saturated heterocycles. The molecule has 0 aliphatic rings. The molecule has 0 aromatic carbocycles. The molecule has 110 valence electrons.